The molecular formula is C13H14F3N3O4. The highest BCUT2D eigenvalue weighted by Gasteiger charge is 2.67. The van der Waals surface area contributed by atoms with E-state index < -0.39 is 35.9 Å². The maximum Gasteiger partial charge on any atom is 0.437 e. The van der Waals surface area contributed by atoms with Crippen LogP contribution in [0.2, 0.25) is 0 Å². The summed E-state index contributed by atoms with van der Waals surface area (Å²) < 4.78 is 44.6. The Morgan fingerprint density at radius 1 is 1.48 bits per heavy atom. The van der Waals surface area contributed by atoms with Crippen molar-refractivity contribution in [3.8, 4) is 0 Å². The van der Waals surface area contributed by atoms with Crippen molar-refractivity contribution in [3.05, 3.63) is 30.1 Å². The van der Waals surface area contributed by atoms with E-state index >= 15 is 0 Å². The van der Waals surface area contributed by atoms with Gasteiger partial charge >= 0.3 is 18.2 Å². The van der Waals surface area contributed by atoms with Crippen LogP contribution in [0.1, 0.15) is 18.7 Å². The summed E-state index contributed by atoms with van der Waals surface area (Å²) in [5, 5.41) is 13.6. The van der Waals surface area contributed by atoms with Gasteiger partial charge in [0.05, 0.1) is 18.3 Å². The van der Waals surface area contributed by atoms with Crippen LogP contribution in [0.15, 0.2) is 24.4 Å². The molecule has 126 valence electrons. The number of alkyl halides is 3. The average molecular weight is 333 g/mol. The molecule has 7 nitrogen and oxygen atoms in total. The molecule has 1 saturated heterocycles. The lowest BCUT2D eigenvalue weighted by molar-refractivity contribution is -0.294. The zero-order valence-electron chi connectivity index (χ0n) is 11.9. The van der Waals surface area contributed by atoms with E-state index in [1.807, 2.05) is 0 Å². The lowest BCUT2D eigenvalue weighted by atomic mass is 9.83. The Labute approximate surface area is 128 Å². The van der Waals surface area contributed by atoms with Crippen molar-refractivity contribution in [1.82, 2.24) is 15.6 Å². The van der Waals surface area contributed by atoms with E-state index in [9.17, 15) is 27.9 Å². The highest BCUT2D eigenvalue weighted by molar-refractivity contribution is 5.83. The van der Waals surface area contributed by atoms with Crippen molar-refractivity contribution in [3.63, 3.8) is 0 Å². The molecule has 0 aliphatic carbocycles. The Balaban J connectivity index is 2.54. The molecule has 2 amide bonds. The monoisotopic (exact) mass is 333 g/mol. The molecule has 0 radical (unpaired) electrons. The number of amides is 2. The predicted octanol–water partition coefficient (Wildman–Crippen LogP) is 0.866. The average Bonchev–Trinajstić information content (AvgIpc) is 2.46. The Kier molecular flexibility index (Phi) is 4.46. The Morgan fingerprint density at radius 2 is 2.17 bits per heavy atom. The van der Waals surface area contributed by atoms with Gasteiger partial charge in [-0.1, -0.05) is 6.07 Å². The minimum Gasteiger partial charge on any atom is -0.466 e. The first-order valence-corrected chi connectivity index (χ1v) is 6.66. The third-order valence-electron chi connectivity index (χ3n) is 3.35. The van der Waals surface area contributed by atoms with Crippen LogP contribution in [0.4, 0.5) is 18.0 Å². The topological polar surface area (TPSA) is 101 Å². The van der Waals surface area contributed by atoms with Gasteiger partial charge in [0.15, 0.2) is 0 Å². The molecule has 1 aromatic rings. The Hall–Kier alpha value is -2.36. The quantitative estimate of drug-likeness (QED) is 0.713. The second kappa shape index (κ2) is 6.03. The number of pyridine rings is 1. The fourth-order valence-electron chi connectivity index (χ4n) is 2.34. The summed E-state index contributed by atoms with van der Waals surface area (Å²) in [5.74, 6) is -3.47. The van der Waals surface area contributed by atoms with Gasteiger partial charge in [0, 0.05) is 6.20 Å². The number of hydrogen-bond donors (Lipinski definition) is 3. The number of halogens is 3. The van der Waals surface area contributed by atoms with Crippen molar-refractivity contribution >= 4 is 12.0 Å². The summed E-state index contributed by atoms with van der Waals surface area (Å²) >= 11 is 0. The van der Waals surface area contributed by atoms with Gasteiger partial charge in [0.2, 0.25) is 0 Å². The maximum absolute atomic E-state index is 13.3. The Morgan fingerprint density at radius 3 is 2.70 bits per heavy atom. The first-order valence-electron chi connectivity index (χ1n) is 6.66. The van der Waals surface area contributed by atoms with E-state index in [1.54, 1.807) is 0 Å². The van der Waals surface area contributed by atoms with Gasteiger partial charge in [-0.15, -0.1) is 0 Å². The van der Waals surface area contributed by atoms with Gasteiger partial charge in [-0.3, -0.25) is 9.78 Å². The van der Waals surface area contributed by atoms with Gasteiger partial charge in [-0.05, 0) is 19.1 Å². The van der Waals surface area contributed by atoms with Gasteiger partial charge < -0.3 is 20.5 Å². The van der Waals surface area contributed by atoms with Crippen LogP contribution in [-0.2, 0) is 9.53 Å². The van der Waals surface area contributed by atoms with Gasteiger partial charge in [0.25, 0.3) is 5.72 Å². The van der Waals surface area contributed by atoms with Crippen molar-refractivity contribution in [2.75, 3.05) is 6.61 Å². The number of nitrogens with one attached hydrogen (secondary N) is 2. The van der Waals surface area contributed by atoms with E-state index in [0.29, 0.717) is 0 Å². The molecular weight excluding hydrogens is 319 g/mol. The fourth-order valence-corrected chi connectivity index (χ4v) is 2.34. The summed E-state index contributed by atoms with van der Waals surface area (Å²) in [6.07, 6.45) is -4.01. The number of hydrogen-bond acceptors (Lipinski definition) is 5. The lowest BCUT2D eigenvalue weighted by Gasteiger charge is -2.43. The Bertz CT molecular complexity index is 596. The number of rotatable bonds is 3. The molecule has 2 heterocycles. The molecule has 1 aliphatic rings. The third-order valence-corrected chi connectivity index (χ3v) is 3.35. The van der Waals surface area contributed by atoms with Crippen LogP contribution in [0.25, 0.3) is 0 Å². The standard InChI is InChI=1S/C13H14F3N3O4/c1-2-23-10(20)8-9(7-5-3-4-6-17-7)18-11(21)19-12(8,22)13(14,15)16/h3-6,8-9,22H,2H2,1H3,(H2,18,19,21)/t8-,9+,12-/m0/s1. The molecule has 0 unspecified atom stereocenters. The second-order valence-electron chi connectivity index (χ2n) is 4.82. The first kappa shape index (κ1) is 17.0. The van der Waals surface area contributed by atoms with E-state index in [-0.39, 0.29) is 12.3 Å². The molecule has 1 fully saturated rings. The number of ether oxygens (including phenoxy) is 1. The van der Waals surface area contributed by atoms with Gasteiger partial charge in [-0.2, -0.15) is 13.2 Å². The molecule has 3 N–H and O–H groups in total. The number of aromatic nitrogens is 1. The molecule has 0 aromatic carbocycles. The summed E-state index contributed by atoms with van der Waals surface area (Å²) in [7, 11) is 0. The normalized spacial score (nSPS) is 27.8. The molecule has 23 heavy (non-hydrogen) atoms. The molecule has 1 aliphatic heterocycles. The first-order chi connectivity index (χ1) is 10.7. The zero-order valence-corrected chi connectivity index (χ0v) is 11.9. The number of urea groups is 1. The van der Waals surface area contributed by atoms with Crippen LogP contribution in [0.5, 0.6) is 0 Å². The highest BCUT2D eigenvalue weighted by atomic mass is 19.4. The summed E-state index contributed by atoms with van der Waals surface area (Å²) in [6.45, 7) is 1.22. The minimum absolute atomic E-state index is 0.0110. The van der Waals surface area contributed by atoms with Crippen molar-refractivity contribution < 1.29 is 32.6 Å². The van der Waals surface area contributed by atoms with E-state index in [4.69, 9.17) is 0 Å². The largest absolute Gasteiger partial charge is 0.466 e. The maximum atomic E-state index is 13.3. The molecule has 0 saturated carbocycles. The van der Waals surface area contributed by atoms with Crippen molar-refractivity contribution in [2.24, 2.45) is 5.92 Å². The molecule has 1 aromatic heterocycles. The summed E-state index contributed by atoms with van der Waals surface area (Å²) in [5.41, 5.74) is -3.79. The molecule has 3 atom stereocenters. The lowest BCUT2D eigenvalue weighted by Crippen LogP contribution is -2.73. The molecule has 10 heteroatoms. The second-order valence-corrected chi connectivity index (χ2v) is 4.82. The van der Waals surface area contributed by atoms with Crippen LogP contribution < -0.4 is 10.6 Å². The zero-order chi connectivity index (χ0) is 17.3. The summed E-state index contributed by atoms with van der Waals surface area (Å²) in [6, 6.07) is 1.54. The minimum atomic E-state index is -5.30. The van der Waals surface area contributed by atoms with Crippen molar-refractivity contribution in [1.29, 1.82) is 0 Å². The van der Waals surface area contributed by atoms with E-state index in [2.05, 4.69) is 15.0 Å². The molecule has 0 spiro atoms. The van der Waals surface area contributed by atoms with E-state index in [0.717, 1.165) is 0 Å². The number of carbonyl (C=O) groups is 2. The number of carbonyl (C=O) groups excluding carboxylic acids is 2. The van der Waals surface area contributed by atoms with Gasteiger partial charge in [-0.25, -0.2) is 4.79 Å². The van der Waals surface area contributed by atoms with Crippen molar-refractivity contribution in [2.45, 2.75) is 24.9 Å². The van der Waals surface area contributed by atoms with Crippen LogP contribution in [0, 0.1) is 5.92 Å². The molecule has 2 rings (SSSR count). The fraction of sp³-hybridized carbons (Fsp3) is 0.462. The highest BCUT2D eigenvalue weighted by Crippen LogP contribution is 2.42. The number of nitrogens with zero attached hydrogens (tertiary/aromatic N) is 1. The SMILES string of the molecule is CCOC(=O)[C@@H]1[C@@H](c2ccccn2)NC(=O)N[C@@]1(O)C(F)(F)F. The smallest absolute Gasteiger partial charge is 0.437 e. The van der Waals surface area contributed by atoms with Crippen LogP contribution in [-0.4, -0.2) is 40.6 Å². The third kappa shape index (κ3) is 3.07. The van der Waals surface area contributed by atoms with Crippen LogP contribution in [0.3, 0.4) is 0 Å². The number of esters is 1. The van der Waals surface area contributed by atoms with Crippen LogP contribution >= 0.6 is 0 Å². The van der Waals surface area contributed by atoms with E-state index in [1.165, 1.54) is 36.6 Å². The number of aliphatic hydroxyl groups is 1. The summed E-state index contributed by atoms with van der Waals surface area (Å²) in [4.78, 5) is 27.5. The molecule has 0 bridgehead atoms. The van der Waals surface area contributed by atoms with Gasteiger partial charge in [0.1, 0.15) is 5.92 Å². The predicted molar refractivity (Wildman–Crippen MR) is 69.8 cm³/mol.